The standard InChI is InChI=1S/C14H18N2O4S2/c1-11-13(17)16(9-6-10-20-2)14(21-11)15-22(18,19)12-7-4-3-5-8-12/h3-5,7-8,11H,6,9-10H2,1-2H3/t11-/m1/s1. The van der Waals surface area contributed by atoms with Crippen molar-refractivity contribution in [1.29, 1.82) is 0 Å². The van der Waals surface area contributed by atoms with Crippen LogP contribution in [0.25, 0.3) is 0 Å². The molecule has 120 valence electrons. The van der Waals surface area contributed by atoms with Gasteiger partial charge in [0.05, 0.1) is 10.1 Å². The highest BCUT2D eigenvalue weighted by atomic mass is 32.2. The Bertz CT molecular complexity index is 659. The van der Waals surface area contributed by atoms with Gasteiger partial charge in [0.15, 0.2) is 5.17 Å². The highest BCUT2D eigenvalue weighted by Crippen LogP contribution is 2.28. The Hall–Kier alpha value is -1.38. The van der Waals surface area contributed by atoms with E-state index in [1.807, 2.05) is 0 Å². The highest BCUT2D eigenvalue weighted by Gasteiger charge is 2.36. The van der Waals surface area contributed by atoms with Gasteiger partial charge >= 0.3 is 0 Å². The zero-order valence-corrected chi connectivity index (χ0v) is 14.1. The molecule has 1 atom stereocenters. The lowest BCUT2D eigenvalue weighted by molar-refractivity contribution is -0.126. The van der Waals surface area contributed by atoms with Gasteiger partial charge in [0, 0.05) is 20.3 Å². The lowest BCUT2D eigenvalue weighted by atomic mass is 10.3. The van der Waals surface area contributed by atoms with Crippen LogP contribution in [-0.2, 0) is 19.6 Å². The quantitative estimate of drug-likeness (QED) is 0.736. The van der Waals surface area contributed by atoms with Crippen molar-refractivity contribution in [2.75, 3.05) is 20.3 Å². The average Bonchev–Trinajstić information content (AvgIpc) is 2.75. The predicted octanol–water partition coefficient (Wildman–Crippen LogP) is 1.73. The number of carbonyl (C=O) groups excluding carboxylic acids is 1. The number of nitrogens with zero attached hydrogens (tertiary/aromatic N) is 2. The summed E-state index contributed by atoms with van der Waals surface area (Å²) in [6.45, 7) is 2.64. The summed E-state index contributed by atoms with van der Waals surface area (Å²) in [5, 5.41) is -0.0928. The Morgan fingerprint density at radius 1 is 1.32 bits per heavy atom. The van der Waals surface area contributed by atoms with Crippen molar-refractivity contribution in [1.82, 2.24) is 4.90 Å². The zero-order chi connectivity index (χ0) is 16.2. The van der Waals surface area contributed by atoms with E-state index in [9.17, 15) is 13.2 Å². The number of carbonyl (C=O) groups is 1. The largest absolute Gasteiger partial charge is 0.385 e. The third-order valence-corrected chi connectivity index (χ3v) is 5.57. The Morgan fingerprint density at radius 2 is 2.00 bits per heavy atom. The Labute approximate surface area is 134 Å². The third-order valence-electron chi connectivity index (χ3n) is 3.10. The van der Waals surface area contributed by atoms with Crippen LogP contribution in [0.3, 0.4) is 0 Å². The fraction of sp³-hybridized carbons (Fsp3) is 0.429. The van der Waals surface area contributed by atoms with Gasteiger partial charge in [0.1, 0.15) is 0 Å². The first-order valence-corrected chi connectivity index (χ1v) is 9.14. The molecule has 0 aromatic heterocycles. The van der Waals surface area contributed by atoms with Crippen LogP contribution in [0, 0.1) is 0 Å². The first-order valence-electron chi connectivity index (χ1n) is 6.82. The number of benzene rings is 1. The lowest BCUT2D eigenvalue weighted by Crippen LogP contribution is -2.33. The third kappa shape index (κ3) is 3.88. The Balaban J connectivity index is 2.26. The molecule has 1 heterocycles. The number of hydrogen-bond acceptors (Lipinski definition) is 5. The minimum absolute atomic E-state index is 0.118. The van der Waals surface area contributed by atoms with Crippen LogP contribution in [0.1, 0.15) is 13.3 Å². The Morgan fingerprint density at radius 3 is 2.64 bits per heavy atom. The van der Waals surface area contributed by atoms with Crippen molar-refractivity contribution in [3.05, 3.63) is 30.3 Å². The fourth-order valence-electron chi connectivity index (χ4n) is 1.98. The van der Waals surface area contributed by atoms with Crippen molar-refractivity contribution in [2.45, 2.75) is 23.5 Å². The number of amides is 1. The topological polar surface area (TPSA) is 76.0 Å². The van der Waals surface area contributed by atoms with E-state index in [4.69, 9.17) is 4.74 Å². The van der Waals surface area contributed by atoms with Crippen LogP contribution in [0.4, 0.5) is 0 Å². The first-order chi connectivity index (χ1) is 10.5. The molecule has 0 spiro atoms. The molecule has 0 bridgehead atoms. The van der Waals surface area contributed by atoms with Gasteiger partial charge in [-0.1, -0.05) is 30.0 Å². The molecule has 0 unspecified atom stereocenters. The van der Waals surface area contributed by atoms with Crippen LogP contribution in [0.5, 0.6) is 0 Å². The molecule has 0 aliphatic carbocycles. The Kier molecular flexibility index (Phi) is 5.60. The number of hydrogen-bond donors (Lipinski definition) is 0. The number of sulfonamides is 1. The maximum absolute atomic E-state index is 12.3. The van der Waals surface area contributed by atoms with Gasteiger partial charge in [-0.15, -0.1) is 4.40 Å². The number of amidine groups is 1. The molecule has 0 saturated carbocycles. The highest BCUT2D eigenvalue weighted by molar-refractivity contribution is 8.16. The molecular formula is C14H18N2O4S2. The summed E-state index contributed by atoms with van der Waals surface area (Å²) in [7, 11) is -2.23. The fourth-order valence-corrected chi connectivity index (χ4v) is 4.21. The van der Waals surface area contributed by atoms with E-state index in [1.54, 1.807) is 32.2 Å². The summed E-state index contributed by atoms with van der Waals surface area (Å²) in [5.74, 6) is -0.122. The second-order valence-electron chi connectivity index (χ2n) is 4.76. The van der Waals surface area contributed by atoms with E-state index in [0.717, 1.165) is 0 Å². The van der Waals surface area contributed by atoms with Crippen LogP contribution >= 0.6 is 11.8 Å². The van der Waals surface area contributed by atoms with Crippen molar-refractivity contribution in [3.8, 4) is 0 Å². The van der Waals surface area contributed by atoms with Crippen LogP contribution in [-0.4, -0.2) is 49.9 Å². The summed E-state index contributed by atoms with van der Waals surface area (Å²) >= 11 is 1.17. The molecule has 2 rings (SSSR count). The molecule has 8 heteroatoms. The molecule has 1 aliphatic rings. The van der Waals surface area contributed by atoms with Gasteiger partial charge in [-0.3, -0.25) is 9.69 Å². The predicted molar refractivity (Wildman–Crippen MR) is 86.3 cm³/mol. The number of rotatable bonds is 6. The minimum atomic E-state index is -3.81. The van der Waals surface area contributed by atoms with E-state index in [-0.39, 0.29) is 21.2 Å². The summed E-state index contributed by atoms with van der Waals surface area (Å²) in [4.78, 5) is 13.7. The normalized spacial score (nSPS) is 20.8. The monoisotopic (exact) mass is 342 g/mol. The van der Waals surface area contributed by atoms with E-state index in [0.29, 0.717) is 19.6 Å². The first kappa shape index (κ1) is 17.0. The van der Waals surface area contributed by atoms with Crippen LogP contribution in [0.15, 0.2) is 39.6 Å². The molecule has 0 radical (unpaired) electrons. The maximum atomic E-state index is 12.3. The summed E-state index contributed by atoms with van der Waals surface area (Å²) in [6.07, 6.45) is 0.625. The molecule has 1 aromatic rings. The van der Waals surface area contributed by atoms with E-state index in [1.165, 1.54) is 28.8 Å². The maximum Gasteiger partial charge on any atom is 0.284 e. The zero-order valence-electron chi connectivity index (χ0n) is 12.4. The number of methoxy groups -OCH3 is 1. The molecule has 1 aromatic carbocycles. The average molecular weight is 342 g/mol. The molecule has 0 N–H and O–H groups in total. The van der Waals surface area contributed by atoms with Gasteiger partial charge in [-0.05, 0) is 25.5 Å². The minimum Gasteiger partial charge on any atom is -0.385 e. The second-order valence-corrected chi connectivity index (χ2v) is 7.67. The van der Waals surface area contributed by atoms with Crippen LogP contribution < -0.4 is 0 Å². The van der Waals surface area contributed by atoms with Crippen molar-refractivity contribution < 1.29 is 17.9 Å². The smallest absolute Gasteiger partial charge is 0.284 e. The number of ether oxygens (including phenoxy) is 1. The van der Waals surface area contributed by atoms with Gasteiger partial charge < -0.3 is 4.74 Å². The SMILES string of the molecule is COCCCN1C(=O)[C@@H](C)SC1=NS(=O)(=O)c1ccccc1. The van der Waals surface area contributed by atoms with Gasteiger partial charge in [0.2, 0.25) is 5.91 Å². The second kappa shape index (κ2) is 7.26. The van der Waals surface area contributed by atoms with Crippen molar-refractivity contribution >= 4 is 32.9 Å². The van der Waals surface area contributed by atoms with Gasteiger partial charge in [-0.2, -0.15) is 8.42 Å². The van der Waals surface area contributed by atoms with Gasteiger partial charge in [-0.25, -0.2) is 0 Å². The summed E-state index contributed by atoms with van der Waals surface area (Å²) < 4.78 is 33.4. The number of thioether (sulfide) groups is 1. The van der Waals surface area contributed by atoms with E-state index in [2.05, 4.69) is 4.40 Å². The summed E-state index contributed by atoms with van der Waals surface area (Å²) in [6, 6.07) is 7.98. The molecule has 1 aliphatic heterocycles. The van der Waals surface area contributed by atoms with E-state index < -0.39 is 10.0 Å². The molecule has 1 saturated heterocycles. The van der Waals surface area contributed by atoms with E-state index >= 15 is 0 Å². The molecule has 22 heavy (non-hydrogen) atoms. The molecule has 6 nitrogen and oxygen atoms in total. The molecule has 1 fully saturated rings. The van der Waals surface area contributed by atoms with Crippen LogP contribution in [0.2, 0.25) is 0 Å². The van der Waals surface area contributed by atoms with Crippen molar-refractivity contribution in [2.24, 2.45) is 4.40 Å². The lowest BCUT2D eigenvalue weighted by Gasteiger charge is -2.15. The summed E-state index contributed by atoms with van der Waals surface area (Å²) in [5.41, 5.74) is 0. The molecule has 1 amide bonds. The van der Waals surface area contributed by atoms with Gasteiger partial charge in [0.25, 0.3) is 10.0 Å². The van der Waals surface area contributed by atoms with Crippen molar-refractivity contribution in [3.63, 3.8) is 0 Å². The molecular weight excluding hydrogens is 324 g/mol.